The van der Waals surface area contributed by atoms with Gasteiger partial charge in [-0.3, -0.25) is 9.20 Å². The van der Waals surface area contributed by atoms with E-state index in [0.717, 1.165) is 27.9 Å². The van der Waals surface area contributed by atoms with Crippen LogP contribution in [0.5, 0.6) is 0 Å². The zero-order chi connectivity index (χ0) is 19.8. The van der Waals surface area contributed by atoms with Crippen molar-refractivity contribution >= 4 is 28.8 Å². The highest BCUT2D eigenvalue weighted by molar-refractivity contribution is 6.31. The van der Waals surface area contributed by atoms with Crippen molar-refractivity contribution in [2.75, 3.05) is 5.32 Å². The number of halogens is 1. The van der Waals surface area contributed by atoms with Crippen LogP contribution in [0.15, 0.2) is 60.8 Å². The number of anilines is 1. The number of nitrogens with one attached hydrogen (secondary N) is 1. The molecule has 0 aliphatic carbocycles. The lowest BCUT2D eigenvalue weighted by Gasteiger charge is -2.11. The van der Waals surface area contributed by atoms with Crippen LogP contribution in [-0.4, -0.2) is 15.3 Å². The van der Waals surface area contributed by atoms with Gasteiger partial charge >= 0.3 is 0 Å². The molecule has 0 radical (unpaired) electrons. The van der Waals surface area contributed by atoms with Crippen LogP contribution in [0.3, 0.4) is 0 Å². The number of aromatic nitrogens is 2. The Hall–Kier alpha value is -3.11. The molecule has 140 valence electrons. The predicted molar refractivity (Wildman–Crippen MR) is 114 cm³/mol. The zero-order valence-corrected chi connectivity index (χ0v) is 16.7. The van der Waals surface area contributed by atoms with Gasteiger partial charge in [-0.1, -0.05) is 53.6 Å². The summed E-state index contributed by atoms with van der Waals surface area (Å²) >= 11 is 6.21. The molecule has 2 heterocycles. The standard InChI is InChI=1S/C23H20ClN3O/c1-14-7-10-17(11-8-14)21-22(27-13-15(2)9-12-20(27)26-21)23(28)25-19-6-4-5-18(24)16(19)3/h4-13H,1-3H3,(H,25,28). The normalized spacial score (nSPS) is 11.0. The van der Waals surface area contributed by atoms with Gasteiger partial charge in [0.2, 0.25) is 0 Å². The van der Waals surface area contributed by atoms with E-state index < -0.39 is 0 Å². The van der Waals surface area contributed by atoms with Crippen LogP contribution in [0.25, 0.3) is 16.9 Å². The monoisotopic (exact) mass is 389 g/mol. The highest BCUT2D eigenvalue weighted by Crippen LogP contribution is 2.28. The highest BCUT2D eigenvalue weighted by Gasteiger charge is 2.21. The van der Waals surface area contributed by atoms with Crippen molar-refractivity contribution in [3.8, 4) is 11.3 Å². The first-order chi connectivity index (χ1) is 13.4. The molecule has 5 heteroatoms. The quantitative estimate of drug-likeness (QED) is 0.479. The third-order valence-corrected chi connectivity index (χ3v) is 5.23. The number of fused-ring (bicyclic) bond motifs is 1. The van der Waals surface area contributed by atoms with Crippen LogP contribution in [0.2, 0.25) is 5.02 Å². The molecule has 4 nitrogen and oxygen atoms in total. The largest absolute Gasteiger partial charge is 0.320 e. The Kier molecular flexibility index (Phi) is 4.65. The number of hydrogen-bond acceptors (Lipinski definition) is 2. The Morgan fingerprint density at radius 2 is 1.68 bits per heavy atom. The SMILES string of the molecule is Cc1ccc(-c2nc3ccc(C)cn3c2C(=O)Nc2cccc(Cl)c2C)cc1. The Balaban J connectivity index is 1.87. The molecule has 0 atom stereocenters. The molecular weight excluding hydrogens is 370 g/mol. The van der Waals surface area contributed by atoms with Crippen molar-refractivity contribution in [2.45, 2.75) is 20.8 Å². The maximum Gasteiger partial charge on any atom is 0.274 e. The van der Waals surface area contributed by atoms with Gasteiger partial charge in [-0.05, 0) is 50.1 Å². The minimum atomic E-state index is -0.223. The van der Waals surface area contributed by atoms with Crippen LogP contribution >= 0.6 is 11.6 Å². The first kappa shape index (κ1) is 18.3. The third-order valence-electron chi connectivity index (χ3n) is 4.82. The second kappa shape index (κ2) is 7.13. The minimum Gasteiger partial charge on any atom is -0.320 e. The summed E-state index contributed by atoms with van der Waals surface area (Å²) in [4.78, 5) is 18.0. The number of carbonyl (C=O) groups excluding carboxylic acids is 1. The molecule has 1 amide bonds. The van der Waals surface area contributed by atoms with Gasteiger partial charge in [0.1, 0.15) is 17.0 Å². The smallest absolute Gasteiger partial charge is 0.274 e. The number of imidazole rings is 1. The fourth-order valence-electron chi connectivity index (χ4n) is 3.20. The number of carbonyl (C=O) groups is 1. The maximum absolute atomic E-state index is 13.3. The van der Waals surface area contributed by atoms with Crippen LogP contribution < -0.4 is 5.32 Å². The van der Waals surface area contributed by atoms with Gasteiger partial charge in [0.05, 0.1) is 0 Å². The maximum atomic E-state index is 13.3. The third kappa shape index (κ3) is 3.27. The fraction of sp³-hybridized carbons (Fsp3) is 0.130. The van der Waals surface area contributed by atoms with Gasteiger partial charge in [-0.15, -0.1) is 0 Å². The van der Waals surface area contributed by atoms with Crippen LogP contribution in [0.1, 0.15) is 27.2 Å². The van der Waals surface area contributed by atoms with Crippen LogP contribution in [0.4, 0.5) is 5.69 Å². The number of aryl methyl sites for hydroxylation is 2. The summed E-state index contributed by atoms with van der Waals surface area (Å²) in [6, 6.07) is 17.4. The average Bonchev–Trinajstić information content (AvgIpc) is 3.04. The number of amides is 1. The topological polar surface area (TPSA) is 46.4 Å². The summed E-state index contributed by atoms with van der Waals surface area (Å²) in [6.45, 7) is 5.91. The average molecular weight is 390 g/mol. The first-order valence-corrected chi connectivity index (χ1v) is 9.44. The molecule has 0 fully saturated rings. The number of benzene rings is 2. The number of pyridine rings is 1. The van der Waals surface area contributed by atoms with Crippen molar-refractivity contribution in [1.29, 1.82) is 0 Å². The van der Waals surface area contributed by atoms with E-state index in [1.54, 1.807) is 0 Å². The molecule has 0 aliphatic rings. The number of hydrogen-bond donors (Lipinski definition) is 1. The zero-order valence-electron chi connectivity index (χ0n) is 16.0. The van der Waals surface area contributed by atoms with Gasteiger partial charge in [-0.25, -0.2) is 4.98 Å². The van der Waals surface area contributed by atoms with Crippen molar-refractivity contribution in [3.05, 3.63) is 88.2 Å². The van der Waals surface area contributed by atoms with E-state index in [2.05, 4.69) is 5.32 Å². The van der Waals surface area contributed by atoms with E-state index in [9.17, 15) is 4.79 Å². The van der Waals surface area contributed by atoms with E-state index in [1.165, 1.54) is 0 Å². The molecule has 4 aromatic rings. The summed E-state index contributed by atoms with van der Waals surface area (Å²) in [6.07, 6.45) is 1.93. The highest BCUT2D eigenvalue weighted by atomic mass is 35.5. The molecule has 28 heavy (non-hydrogen) atoms. The van der Waals surface area contributed by atoms with Crippen molar-refractivity contribution < 1.29 is 4.79 Å². The fourth-order valence-corrected chi connectivity index (χ4v) is 3.38. The van der Waals surface area contributed by atoms with Gasteiger partial charge in [0, 0.05) is 22.5 Å². The lowest BCUT2D eigenvalue weighted by Crippen LogP contribution is -2.16. The Labute approximate surface area is 168 Å². The molecule has 2 aromatic carbocycles. The summed E-state index contributed by atoms with van der Waals surface area (Å²) in [7, 11) is 0. The molecule has 0 saturated carbocycles. The van der Waals surface area contributed by atoms with Crippen LogP contribution in [-0.2, 0) is 0 Å². The van der Waals surface area contributed by atoms with Crippen molar-refractivity contribution in [3.63, 3.8) is 0 Å². The van der Waals surface area contributed by atoms with E-state index in [0.29, 0.717) is 22.1 Å². The number of nitrogens with zero attached hydrogens (tertiary/aromatic N) is 2. The lowest BCUT2D eigenvalue weighted by atomic mass is 10.1. The molecule has 0 spiro atoms. The van der Waals surface area contributed by atoms with Gasteiger partial charge in [0.15, 0.2) is 0 Å². The van der Waals surface area contributed by atoms with Crippen LogP contribution in [0, 0.1) is 20.8 Å². The molecule has 4 rings (SSSR count). The van der Waals surface area contributed by atoms with E-state index >= 15 is 0 Å². The molecule has 2 aromatic heterocycles. The summed E-state index contributed by atoms with van der Waals surface area (Å²) < 4.78 is 1.85. The molecule has 0 unspecified atom stereocenters. The van der Waals surface area contributed by atoms with E-state index in [4.69, 9.17) is 16.6 Å². The summed E-state index contributed by atoms with van der Waals surface area (Å²) in [5.41, 5.74) is 6.52. The second-order valence-corrected chi connectivity index (χ2v) is 7.38. The minimum absolute atomic E-state index is 0.223. The first-order valence-electron chi connectivity index (χ1n) is 9.06. The molecule has 0 saturated heterocycles. The second-order valence-electron chi connectivity index (χ2n) is 6.98. The Morgan fingerprint density at radius 1 is 0.964 bits per heavy atom. The van der Waals surface area contributed by atoms with Gasteiger partial charge in [0.25, 0.3) is 5.91 Å². The molecule has 0 bridgehead atoms. The van der Waals surface area contributed by atoms with E-state index in [-0.39, 0.29) is 5.91 Å². The van der Waals surface area contributed by atoms with Crippen molar-refractivity contribution in [1.82, 2.24) is 9.38 Å². The van der Waals surface area contributed by atoms with Gasteiger partial charge in [-0.2, -0.15) is 0 Å². The Bertz CT molecular complexity index is 1190. The molecule has 0 aliphatic heterocycles. The summed E-state index contributed by atoms with van der Waals surface area (Å²) in [5, 5.41) is 3.62. The number of rotatable bonds is 3. The van der Waals surface area contributed by atoms with E-state index in [1.807, 2.05) is 86.0 Å². The predicted octanol–water partition coefficient (Wildman–Crippen LogP) is 5.83. The Morgan fingerprint density at radius 3 is 2.43 bits per heavy atom. The lowest BCUT2D eigenvalue weighted by molar-refractivity contribution is 0.102. The summed E-state index contributed by atoms with van der Waals surface area (Å²) in [5.74, 6) is -0.223. The van der Waals surface area contributed by atoms with Crippen molar-refractivity contribution in [2.24, 2.45) is 0 Å². The molecular formula is C23H20ClN3O. The van der Waals surface area contributed by atoms with Gasteiger partial charge < -0.3 is 5.32 Å². The molecule has 1 N–H and O–H groups in total.